The van der Waals surface area contributed by atoms with E-state index in [1.165, 1.54) is 0 Å². The van der Waals surface area contributed by atoms with Crippen LogP contribution in [0.3, 0.4) is 0 Å². The average Bonchev–Trinajstić information content (AvgIpc) is 2.83. The molecule has 3 rings (SSSR count). The van der Waals surface area contributed by atoms with Crippen molar-refractivity contribution < 1.29 is 59.3 Å². The Morgan fingerprint density at radius 1 is 0.846 bits per heavy atom. The minimum absolute atomic E-state index is 0.216. The van der Waals surface area contributed by atoms with E-state index in [0.717, 1.165) is 56.7 Å². The first kappa shape index (κ1) is 28.9. The number of rotatable bonds is 8. The fraction of sp³-hybridized carbons (Fsp3) is 0.167. The van der Waals surface area contributed by atoms with Crippen LogP contribution in [0.5, 0.6) is 28.7 Å². The molecule has 0 saturated heterocycles. The number of carbonyl (C=O) groups excluding carboxylic acids is 2. The molecule has 15 heteroatoms. The zero-order valence-electron chi connectivity index (χ0n) is 19.8. The Kier molecular flexibility index (Phi) is 8.12. The SMILES string of the molecule is COc1cc(OC(F)(F)F)ccc1Oc1ccc(C(F)(F)F)c(OC)c1C(=O)Nc1ccc(F)c(C(N)=O)c1. The van der Waals surface area contributed by atoms with Crippen molar-refractivity contribution in [2.45, 2.75) is 12.5 Å². The number of amides is 2. The minimum Gasteiger partial charge on any atom is -0.495 e. The summed E-state index contributed by atoms with van der Waals surface area (Å²) in [6.45, 7) is 0. The Hall–Kier alpha value is -4.69. The van der Waals surface area contributed by atoms with Crippen molar-refractivity contribution in [3.05, 3.63) is 71.0 Å². The number of hydrogen-bond donors (Lipinski definition) is 2. The number of nitrogens with one attached hydrogen (secondary N) is 1. The van der Waals surface area contributed by atoms with Crippen LogP contribution in [0.4, 0.5) is 36.4 Å². The van der Waals surface area contributed by atoms with Crippen LogP contribution in [-0.4, -0.2) is 32.4 Å². The van der Waals surface area contributed by atoms with Gasteiger partial charge in [0.15, 0.2) is 11.5 Å². The van der Waals surface area contributed by atoms with Crippen LogP contribution in [0.2, 0.25) is 0 Å². The van der Waals surface area contributed by atoms with Crippen LogP contribution in [0, 0.1) is 5.82 Å². The monoisotopic (exact) mass is 562 g/mol. The quantitative estimate of drug-likeness (QED) is 0.331. The Morgan fingerprint density at radius 3 is 2.08 bits per heavy atom. The van der Waals surface area contributed by atoms with Crippen molar-refractivity contribution in [2.24, 2.45) is 5.73 Å². The Balaban J connectivity index is 2.11. The molecule has 0 heterocycles. The predicted molar refractivity (Wildman–Crippen MR) is 121 cm³/mol. The molecule has 39 heavy (non-hydrogen) atoms. The standard InChI is InChI=1S/C24H17F7N2O6/c1-36-18-10-12(39-24(29,30)31)4-7-16(18)38-17-8-5-14(23(26,27)28)20(37-2)19(17)22(35)33-11-3-6-15(25)13(9-11)21(32)34/h3-10H,1-2H3,(H2,32,34)(H,33,35). The van der Waals surface area contributed by atoms with E-state index >= 15 is 0 Å². The molecule has 3 N–H and O–H groups in total. The van der Waals surface area contributed by atoms with Gasteiger partial charge < -0.3 is 30.0 Å². The van der Waals surface area contributed by atoms with E-state index < -0.39 is 64.1 Å². The fourth-order valence-electron chi connectivity index (χ4n) is 3.33. The third-order valence-corrected chi connectivity index (χ3v) is 4.93. The molecule has 0 aromatic heterocycles. The molecule has 0 fully saturated rings. The molecule has 0 atom stereocenters. The van der Waals surface area contributed by atoms with Gasteiger partial charge in [-0.1, -0.05) is 0 Å². The molecule has 0 bridgehead atoms. The number of nitrogens with two attached hydrogens (primary N) is 1. The summed E-state index contributed by atoms with van der Waals surface area (Å²) in [5.74, 6) is -6.24. The number of halogens is 7. The molecule has 3 aromatic carbocycles. The number of anilines is 1. The van der Waals surface area contributed by atoms with E-state index in [9.17, 15) is 40.3 Å². The van der Waals surface area contributed by atoms with Gasteiger partial charge in [-0.05, 0) is 42.5 Å². The molecule has 3 aromatic rings. The van der Waals surface area contributed by atoms with Gasteiger partial charge in [-0.3, -0.25) is 9.59 Å². The highest BCUT2D eigenvalue weighted by molar-refractivity contribution is 6.09. The number of alkyl halides is 6. The van der Waals surface area contributed by atoms with Crippen LogP contribution in [-0.2, 0) is 6.18 Å². The summed E-state index contributed by atoms with van der Waals surface area (Å²) in [5, 5.41) is 2.21. The Bertz CT molecular complexity index is 1410. The summed E-state index contributed by atoms with van der Waals surface area (Å²) in [6, 6.07) is 6.61. The average molecular weight is 562 g/mol. The first-order chi connectivity index (χ1) is 18.1. The van der Waals surface area contributed by atoms with Crippen LogP contribution < -0.4 is 30.0 Å². The second kappa shape index (κ2) is 11.0. The van der Waals surface area contributed by atoms with Crippen molar-refractivity contribution in [3.63, 3.8) is 0 Å². The first-order valence-electron chi connectivity index (χ1n) is 10.4. The van der Waals surface area contributed by atoms with Crippen molar-refractivity contribution in [1.82, 2.24) is 0 Å². The van der Waals surface area contributed by atoms with Crippen LogP contribution in [0.25, 0.3) is 0 Å². The molecule has 0 aliphatic rings. The molecule has 0 unspecified atom stereocenters. The van der Waals surface area contributed by atoms with Crippen molar-refractivity contribution >= 4 is 17.5 Å². The van der Waals surface area contributed by atoms with Gasteiger partial charge in [0.1, 0.15) is 28.6 Å². The van der Waals surface area contributed by atoms with E-state index in [2.05, 4.69) is 10.1 Å². The molecule has 2 amide bonds. The smallest absolute Gasteiger partial charge is 0.495 e. The number of ether oxygens (including phenoxy) is 4. The summed E-state index contributed by atoms with van der Waals surface area (Å²) in [5.41, 5.74) is 2.10. The van der Waals surface area contributed by atoms with Crippen LogP contribution >= 0.6 is 0 Å². The highest BCUT2D eigenvalue weighted by Crippen LogP contribution is 2.44. The summed E-state index contributed by atoms with van der Waals surface area (Å²) in [4.78, 5) is 24.6. The van der Waals surface area contributed by atoms with Gasteiger partial charge >= 0.3 is 12.5 Å². The lowest BCUT2D eigenvalue weighted by Gasteiger charge is -2.20. The number of hydrogen-bond acceptors (Lipinski definition) is 6. The zero-order valence-corrected chi connectivity index (χ0v) is 19.8. The van der Waals surface area contributed by atoms with Crippen molar-refractivity contribution in [2.75, 3.05) is 19.5 Å². The Morgan fingerprint density at radius 2 is 1.51 bits per heavy atom. The molecule has 208 valence electrons. The molecular weight excluding hydrogens is 545 g/mol. The lowest BCUT2D eigenvalue weighted by Crippen LogP contribution is -2.19. The number of methoxy groups -OCH3 is 2. The molecule has 0 spiro atoms. The van der Waals surface area contributed by atoms with Gasteiger partial charge in [-0.25, -0.2) is 4.39 Å². The lowest BCUT2D eigenvalue weighted by molar-refractivity contribution is -0.274. The summed E-state index contributed by atoms with van der Waals surface area (Å²) in [6.07, 6.45) is -10.0. The lowest BCUT2D eigenvalue weighted by atomic mass is 10.1. The van der Waals surface area contributed by atoms with E-state index in [1.54, 1.807) is 0 Å². The highest BCUT2D eigenvalue weighted by atomic mass is 19.4. The van der Waals surface area contributed by atoms with Gasteiger partial charge in [0, 0.05) is 11.8 Å². The molecular formula is C24H17F7N2O6. The fourth-order valence-corrected chi connectivity index (χ4v) is 3.33. The second-order valence-electron chi connectivity index (χ2n) is 7.49. The normalized spacial score (nSPS) is 11.5. The van der Waals surface area contributed by atoms with E-state index in [1.807, 2.05) is 0 Å². The third kappa shape index (κ3) is 6.80. The van der Waals surface area contributed by atoms with Crippen LogP contribution in [0.15, 0.2) is 48.5 Å². The van der Waals surface area contributed by atoms with Gasteiger partial charge in [-0.15, -0.1) is 13.2 Å². The van der Waals surface area contributed by atoms with Crippen molar-refractivity contribution in [1.29, 1.82) is 0 Å². The van der Waals surface area contributed by atoms with Crippen LogP contribution in [0.1, 0.15) is 26.3 Å². The number of benzene rings is 3. The second-order valence-corrected chi connectivity index (χ2v) is 7.49. The maximum atomic E-state index is 13.8. The van der Waals surface area contributed by atoms with Gasteiger partial charge in [0.25, 0.3) is 11.8 Å². The molecule has 0 saturated carbocycles. The first-order valence-corrected chi connectivity index (χ1v) is 10.4. The van der Waals surface area contributed by atoms with E-state index in [-0.39, 0.29) is 17.2 Å². The van der Waals surface area contributed by atoms with Crippen molar-refractivity contribution in [3.8, 4) is 28.7 Å². The minimum atomic E-state index is -5.02. The molecule has 0 radical (unpaired) electrons. The zero-order chi connectivity index (χ0) is 29.1. The summed E-state index contributed by atoms with van der Waals surface area (Å²) >= 11 is 0. The molecule has 0 aliphatic carbocycles. The van der Waals surface area contributed by atoms with Gasteiger partial charge in [-0.2, -0.15) is 13.2 Å². The Labute approximate surface area is 215 Å². The van der Waals surface area contributed by atoms with E-state index in [4.69, 9.17) is 19.9 Å². The maximum absolute atomic E-state index is 13.8. The van der Waals surface area contributed by atoms with E-state index in [0.29, 0.717) is 6.07 Å². The predicted octanol–water partition coefficient (Wildman–Crippen LogP) is 5.90. The largest absolute Gasteiger partial charge is 0.573 e. The highest BCUT2D eigenvalue weighted by Gasteiger charge is 2.38. The molecule has 8 nitrogen and oxygen atoms in total. The third-order valence-electron chi connectivity index (χ3n) is 4.93. The topological polar surface area (TPSA) is 109 Å². The summed E-state index contributed by atoms with van der Waals surface area (Å²) in [7, 11) is 1.93. The number of primary amides is 1. The summed E-state index contributed by atoms with van der Waals surface area (Å²) < 4.78 is 112. The number of carbonyl (C=O) groups is 2. The maximum Gasteiger partial charge on any atom is 0.573 e. The molecule has 0 aliphatic heterocycles. The van der Waals surface area contributed by atoms with Gasteiger partial charge in [0.05, 0.1) is 25.3 Å². The van der Waals surface area contributed by atoms with Gasteiger partial charge in [0.2, 0.25) is 0 Å².